The number of hydrogen-bond donors (Lipinski definition) is 1. The zero-order valence-corrected chi connectivity index (χ0v) is 14.2. The molecule has 0 amide bonds. The lowest BCUT2D eigenvalue weighted by atomic mass is 10.1. The fourth-order valence-corrected chi connectivity index (χ4v) is 2.61. The summed E-state index contributed by atoms with van der Waals surface area (Å²) >= 11 is 0. The first-order valence-corrected chi connectivity index (χ1v) is 8.08. The van der Waals surface area contributed by atoms with Gasteiger partial charge in [-0.05, 0) is 48.9 Å². The number of nitrogens with one attached hydrogen (secondary N) is 1. The first-order valence-electron chi connectivity index (χ1n) is 8.08. The lowest BCUT2D eigenvalue weighted by molar-refractivity contribution is 0.415. The second-order valence-electron chi connectivity index (χ2n) is 5.71. The summed E-state index contributed by atoms with van der Waals surface area (Å²) in [5.41, 5.74) is 3.45. The Kier molecular flexibility index (Phi) is 4.96. The first kappa shape index (κ1) is 16.5. The van der Waals surface area contributed by atoms with Gasteiger partial charge in [0.1, 0.15) is 17.6 Å². The molecule has 0 bridgehead atoms. The maximum Gasteiger partial charge on any atom is 0.145 e. The Morgan fingerprint density at radius 3 is 2.36 bits per heavy atom. The minimum absolute atomic E-state index is 0.0481. The van der Waals surface area contributed by atoms with Crippen LogP contribution in [0.25, 0.3) is 11.3 Å². The second kappa shape index (κ2) is 7.50. The van der Waals surface area contributed by atoms with E-state index in [-0.39, 0.29) is 6.04 Å². The van der Waals surface area contributed by atoms with Gasteiger partial charge in [0.25, 0.3) is 0 Å². The molecule has 2 aromatic carbocycles. The van der Waals surface area contributed by atoms with Gasteiger partial charge in [-0.15, -0.1) is 0 Å². The Hall–Kier alpha value is -3.32. The van der Waals surface area contributed by atoms with E-state index < -0.39 is 0 Å². The normalized spacial score (nSPS) is 11.4. The van der Waals surface area contributed by atoms with E-state index >= 15 is 0 Å². The zero-order valence-electron chi connectivity index (χ0n) is 14.2. The van der Waals surface area contributed by atoms with Crippen molar-refractivity contribution in [3.05, 3.63) is 77.9 Å². The van der Waals surface area contributed by atoms with Gasteiger partial charge in [0, 0.05) is 11.6 Å². The van der Waals surface area contributed by atoms with Crippen molar-refractivity contribution in [2.24, 2.45) is 0 Å². The summed E-state index contributed by atoms with van der Waals surface area (Å²) in [6.45, 7) is 2.05. The monoisotopic (exact) mass is 329 g/mol. The Morgan fingerprint density at radius 1 is 1.00 bits per heavy atom. The predicted molar refractivity (Wildman–Crippen MR) is 99.4 cm³/mol. The van der Waals surface area contributed by atoms with Gasteiger partial charge < -0.3 is 10.1 Å². The molecular weight excluding hydrogens is 310 g/mol. The van der Waals surface area contributed by atoms with E-state index in [0.29, 0.717) is 11.4 Å². The molecule has 4 nitrogen and oxygen atoms in total. The number of ether oxygens (including phenoxy) is 1. The Labute approximate surface area is 147 Å². The van der Waals surface area contributed by atoms with E-state index in [1.807, 2.05) is 48.5 Å². The van der Waals surface area contributed by atoms with Crippen molar-refractivity contribution in [1.82, 2.24) is 4.98 Å². The summed E-state index contributed by atoms with van der Waals surface area (Å²) in [6, 6.07) is 23.7. The van der Waals surface area contributed by atoms with Crippen molar-refractivity contribution < 1.29 is 4.74 Å². The highest BCUT2D eigenvalue weighted by Crippen LogP contribution is 2.26. The average molecular weight is 329 g/mol. The van der Waals surface area contributed by atoms with E-state index in [1.54, 1.807) is 13.2 Å². The van der Waals surface area contributed by atoms with Crippen LogP contribution in [0.15, 0.2) is 66.7 Å². The third-order valence-electron chi connectivity index (χ3n) is 4.05. The molecule has 0 aliphatic heterocycles. The van der Waals surface area contributed by atoms with Gasteiger partial charge in [0.2, 0.25) is 0 Å². The molecule has 4 heteroatoms. The SMILES string of the molecule is COc1ccc(-c2ccc(C#N)c(N[C@H](C)c3ccccc3)n2)cc1. The highest BCUT2D eigenvalue weighted by molar-refractivity contribution is 5.65. The third-order valence-corrected chi connectivity index (χ3v) is 4.05. The topological polar surface area (TPSA) is 57.9 Å². The van der Waals surface area contributed by atoms with Gasteiger partial charge in [-0.1, -0.05) is 30.3 Å². The van der Waals surface area contributed by atoms with Crippen LogP contribution >= 0.6 is 0 Å². The standard InChI is InChI=1S/C21H19N3O/c1-15(16-6-4-3-5-7-16)23-21-18(14-22)10-13-20(24-21)17-8-11-19(25-2)12-9-17/h3-13,15H,1-2H3,(H,23,24)/t15-/m1/s1. The number of methoxy groups -OCH3 is 1. The molecule has 0 saturated heterocycles. The van der Waals surface area contributed by atoms with Crippen molar-refractivity contribution >= 4 is 5.82 Å². The highest BCUT2D eigenvalue weighted by Gasteiger charge is 2.11. The minimum atomic E-state index is 0.0481. The smallest absolute Gasteiger partial charge is 0.145 e. The van der Waals surface area contributed by atoms with Crippen LogP contribution < -0.4 is 10.1 Å². The number of aromatic nitrogens is 1. The molecule has 0 saturated carbocycles. The summed E-state index contributed by atoms with van der Waals surface area (Å²) < 4.78 is 5.19. The highest BCUT2D eigenvalue weighted by atomic mass is 16.5. The Balaban J connectivity index is 1.91. The van der Waals surface area contributed by atoms with E-state index in [1.165, 1.54) is 0 Å². The number of pyridine rings is 1. The summed E-state index contributed by atoms with van der Waals surface area (Å²) in [5.74, 6) is 1.39. The number of hydrogen-bond acceptors (Lipinski definition) is 4. The number of nitrogens with zero attached hydrogens (tertiary/aromatic N) is 2. The minimum Gasteiger partial charge on any atom is -0.497 e. The molecule has 25 heavy (non-hydrogen) atoms. The van der Waals surface area contributed by atoms with Gasteiger partial charge in [-0.2, -0.15) is 5.26 Å². The van der Waals surface area contributed by atoms with Crippen LogP contribution in [-0.2, 0) is 0 Å². The molecule has 1 atom stereocenters. The summed E-state index contributed by atoms with van der Waals surface area (Å²) in [7, 11) is 1.64. The van der Waals surface area contributed by atoms with Gasteiger partial charge >= 0.3 is 0 Å². The second-order valence-corrected chi connectivity index (χ2v) is 5.71. The van der Waals surface area contributed by atoms with Crippen LogP contribution in [0.1, 0.15) is 24.1 Å². The lowest BCUT2D eigenvalue weighted by Gasteiger charge is -2.16. The van der Waals surface area contributed by atoms with Crippen molar-refractivity contribution in [3.63, 3.8) is 0 Å². The maximum atomic E-state index is 9.39. The molecule has 1 heterocycles. The van der Waals surface area contributed by atoms with Crippen molar-refractivity contribution in [2.75, 3.05) is 12.4 Å². The van der Waals surface area contributed by atoms with Crippen LogP contribution in [0, 0.1) is 11.3 Å². The van der Waals surface area contributed by atoms with Gasteiger partial charge in [0.05, 0.1) is 18.4 Å². The van der Waals surface area contributed by atoms with E-state index in [9.17, 15) is 5.26 Å². The van der Waals surface area contributed by atoms with Crippen LogP contribution in [0.2, 0.25) is 0 Å². The van der Waals surface area contributed by atoms with Crippen LogP contribution in [0.3, 0.4) is 0 Å². The fourth-order valence-electron chi connectivity index (χ4n) is 2.61. The summed E-state index contributed by atoms with van der Waals surface area (Å²) in [6.07, 6.45) is 0. The quantitative estimate of drug-likeness (QED) is 0.730. The summed E-state index contributed by atoms with van der Waals surface area (Å²) in [5, 5.41) is 12.7. The third kappa shape index (κ3) is 3.78. The number of nitriles is 1. The van der Waals surface area contributed by atoms with Gasteiger partial charge in [-0.3, -0.25) is 0 Å². The summed E-state index contributed by atoms with van der Waals surface area (Å²) in [4.78, 5) is 4.66. The molecule has 0 unspecified atom stereocenters. The molecule has 3 rings (SSSR count). The van der Waals surface area contributed by atoms with E-state index in [2.05, 4.69) is 35.4 Å². The molecular formula is C21H19N3O. The number of anilines is 1. The van der Waals surface area contributed by atoms with E-state index in [4.69, 9.17) is 4.74 Å². The molecule has 1 aromatic heterocycles. The first-order chi connectivity index (χ1) is 12.2. The molecule has 124 valence electrons. The maximum absolute atomic E-state index is 9.39. The molecule has 0 fully saturated rings. The number of rotatable bonds is 5. The average Bonchev–Trinajstić information content (AvgIpc) is 2.68. The van der Waals surface area contributed by atoms with Crippen LogP contribution in [0.4, 0.5) is 5.82 Å². The molecule has 0 spiro atoms. The van der Waals surface area contributed by atoms with Crippen molar-refractivity contribution in [1.29, 1.82) is 5.26 Å². The Morgan fingerprint density at radius 2 is 1.72 bits per heavy atom. The number of benzene rings is 2. The molecule has 1 N–H and O–H groups in total. The molecule has 3 aromatic rings. The van der Waals surface area contributed by atoms with Crippen LogP contribution in [-0.4, -0.2) is 12.1 Å². The largest absolute Gasteiger partial charge is 0.497 e. The van der Waals surface area contributed by atoms with E-state index in [0.717, 1.165) is 22.6 Å². The van der Waals surface area contributed by atoms with Gasteiger partial charge in [-0.25, -0.2) is 4.98 Å². The predicted octanol–water partition coefficient (Wildman–Crippen LogP) is 4.80. The molecule has 0 radical (unpaired) electrons. The fraction of sp³-hybridized carbons (Fsp3) is 0.143. The van der Waals surface area contributed by atoms with Gasteiger partial charge in [0.15, 0.2) is 0 Å². The lowest BCUT2D eigenvalue weighted by Crippen LogP contribution is -2.09. The van der Waals surface area contributed by atoms with Crippen LogP contribution in [0.5, 0.6) is 5.75 Å². The Bertz CT molecular complexity index is 883. The van der Waals surface area contributed by atoms with Crippen molar-refractivity contribution in [2.45, 2.75) is 13.0 Å². The zero-order chi connectivity index (χ0) is 17.6. The molecule has 0 aliphatic rings. The molecule has 0 aliphatic carbocycles. The van der Waals surface area contributed by atoms with Crippen molar-refractivity contribution in [3.8, 4) is 23.1 Å².